The number of nitrogens with zero attached hydrogens (tertiary/aromatic N) is 4. The summed E-state index contributed by atoms with van der Waals surface area (Å²) < 4.78 is 0. The molecule has 0 saturated heterocycles. The van der Waals surface area contributed by atoms with Gasteiger partial charge in [0.15, 0.2) is 0 Å². The van der Waals surface area contributed by atoms with Gasteiger partial charge in [0.1, 0.15) is 5.82 Å². The predicted octanol–water partition coefficient (Wildman–Crippen LogP) is 3.31. The van der Waals surface area contributed by atoms with E-state index in [-0.39, 0.29) is 0 Å². The summed E-state index contributed by atoms with van der Waals surface area (Å²) >= 11 is 0. The molecule has 0 aliphatic rings. The molecule has 0 saturated carbocycles. The van der Waals surface area contributed by atoms with E-state index in [9.17, 15) is 0 Å². The number of aromatic amines is 2. The van der Waals surface area contributed by atoms with Crippen LogP contribution in [-0.2, 0) is 12.8 Å². The van der Waals surface area contributed by atoms with Crippen molar-refractivity contribution in [2.75, 3.05) is 0 Å². The van der Waals surface area contributed by atoms with E-state index in [0.29, 0.717) is 0 Å². The summed E-state index contributed by atoms with van der Waals surface area (Å²) in [7, 11) is 0. The molecule has 0 radical (unpaired) electrons. The van der Waals surface area contributed by atoms with Crippen molar-refractivity contribution in [3.05, 3.63) is 60.2 Å². The summed E-state index contributed by atoms with van der Waals surface area (Å²) in [6.45, 7) is 0. The lowest BCUT2D eigenvalue weighted by Crippen LogP contribution is -1.93. The van der Waals surface area contributed by atoms with Crippen molar-refractivity contribution in [2.24, 2.45) is 0 Å². The molecule has 0 amide bonds. The van der Waals surface area contributed by atoms with Gasteiger partial charge in [-0.3, -0.25) is 4.98 Å². The summed E-state index contributed by atoms with van der Waals surface area (Å²) in [6, 6.07) is 12.5. The molecule has 2 N–H and O–H groups in total. The first-order valence-corrected chi connectivity index (χ1v) is 8.14. The standard InChI is InChI=1S/C18H18N6/c1-3-9-16-14(7-1)15(8-2-4-10-17-21-23-24-22-17)18(20-16)13-6-5-11-19-12-13/h1,3,5-7,9,11-12,20H,2,4,8,10H2,(H,21,22,23,24). The number of aromatic nitrogens is 6. The minimum Gasteiger partial charge on any atom is -0.354 e. The van der Waals surface area contributed by atoms with Crippen LogP contribution in [0.4, 0.5) is 0 Å². The Morgan fingerprint density at radius 1 is 0.958 bits per heavy atom. The number of hydrogen-bond acceptors (Lipinski definition) is 4. The minimum absolute atomic E-state index is 0.849. The Balaban J connectivity index is 1.58. The fourth-order valence-electron chi connectivity index (χ4n) is 3.10. The highest BCUT2D eigenvalue weighted by molar-refractivity contribution is 5.90. The molecule has 4 aromatic rings. The van der Waals surface area contributed by atoms with Gasteiger partial charge in [-0.05, 0) is 53.5 Å². The van der Waals surface area contributed by atoms with Gasteiger partial charge in [-0.1, -0.05) is 18.2 Å². The molecular weight excluding hydrogens is 300 g/mol. The number of benzene rings is 1. The maximum atomic E-state index is 4.26. The number of pyridine rings is 1. The van der Waals surface area contributed by atoms with Gasteiger partial charge in [0, 0.05) is 35.3 Å². The van der Waals surface area contributed by atoms with Crippen LogP contribution in [0.15, 0.2) is 48.8 Å². The van der Waals surface area contributed by atoms with Crippen molar-refractivity contribution in [1.29, 1.82) is 0 Å². The molecular formula is C18H18N6. The highest BCUT2D eigenvalue weighted by atomic mass is 15.5. The number of aryl methyl sites for hydroxylation is 2. The zero-order chi connectivity index (χ0) is 16.2. The second kappa shape index (κ2) is 6.62. The van der Waals surface area contributed by atoms with Crippen molar-refractivity contribution >= 4 is 10.9 Å². The van der Waals surface area contributed by atoms with Crippen LogP contribution >= 0.6 is 0 Å². The largest absolute Gasteiger partial charge is 0.354 e. The third-order valence-corrected chi connectivity index (χ3v) is 4.24. The molecule has 0 unspecified atom stereocenters. The minimum atomic E-state index is 0.849. The lowest BCUT2D eigenvalue weighted by atomic mass is 10.0. The fraction of sp³-hybridized carbons (Fsp3) is 0.222. The van der Waals surface area contributed by atoms with Gasteiger partial charge in [0.05, 0.1) is 5.69 Å². The topological polar surface area (TPSA) is 83.1 Å². The van der Waals surface area contributed by atoms with E-state index in [1.807, 2.05) is 12.3 Å². The van der Waals surface area contributed by atoms with Gasteiger partial charge in [-0.15, -0.1) is 5.10 Å². The molecule has 6 nitrogen and oxygen atoms in total. The van der Waals surface area contributed by atoms with E-state index in [1.165, 1.54) is 22.2 Å². The molecule has 0 fully saturated rings. The summed E-state index contributed by atoms with van der Waals surface area (Å²) in [6.07, 6.45) is 7.72. The van der Waals surface area contributed by atoms with Gasteiger partial charge in [0.25, 0.3) is 0 Å². The van der Waals surface area contributed by atoms with Gasteiger partial charge >= 0.3 is 0 Å². The van der Waals surface area contributed by atoms with Crippen LogP contribution in [0.25, 0.3) is 22.2 Å². The SMILES string of the molecule is c1cncc(-c2[nH]c3ccccc3c2CCCCc2nnn[nH]2)c1. The Morgan fingerprint density at radius 3 is 2.71 bits per heavy atom. The predicted molar refractivity (Wildman–Crippen MR) is 92.3 cm³/mol. The summed E-state index contributed by atoms with van der Waals surface area (Å²) in [5, 5.41) is 15.3. The molecule has 0 aliphatic heterocycles. The third-order valence-electron chi connectivity index (χ3n) is 4.24. The first-order chi connectivity index (χ1) is 11.9. The van der Waals surface area contributed by atoms with Crippen molar-refractivity contribution in [2.45, 2.75) is 25.7 Å². The summed E-state index contributed by atoms with van der Waals surface area (Å²) in [5.74, 6) is 0.849. The Kier molecular flexibility index (Phi) is 4.02. The number of nitrogens with one attached hydrogen (secondary N) is 2. The number of unbranched alkanes of at least 4 members (excludes halogenated alkanes) is 1. The Bertz CT molecular complexity index is 911. The van der Waals surface area contributed by atoms with Crippen LogP contribution in [0.1, 0.15) is 24.2 Å². The normalized spacial score (nSPS) is 11.2. The van der Waals surface area contributed by atoms with E-state index in [0.717, 1.165) is 37.1 Å². The number of rotatable bonds is 6. The molecule has 6 heteroatoms. The van der Waals surface area contributed by atoms with Gasteiger partial charge in [-0.25, -0.2) is 5.10 Å². The average molecular weight is 318 g/mol. The lowest BCUT2D eigenvalue weighted by molar-refractivity contribution is 0.710. The van der Waals surface area contributed by atoms with E-state index in [1.54, 1.807) is 6.20 Å². The summed E-state index contributed by atoms with van der Waals surface area (Å²) in [4.78, 5) is 7.81. The van der Waals surface area contributed by atoms with Crippen LogP contribution in [0.3, 0.4) is 0 Å². The molecule has 1 aromatic carbocycles. The highest BCUT2D eigenvalue weighted by Gasteiger charge is 2.12. The quantitative estimate of drug-likeness (QED) is 0.534. The molecule has 3 aromatic heterocycles. The maximum absolute atomic E-state index is 4.26. The number of tetrazole rings is 1. The molecule has 0 spiro atoms. The zero-order valence-corrected chi connectivity index (χ0v) is 13.2. The zero-order valence-electron chi connectivity index (χ0n) is 13.2. The van der Waals surface area contributed by atoms with Crippen LogP contribution in [0.2, 0.25) is 0 Å². The van der Waals surface area contributed by atoms with Gasteiger partial charge in [0.2, 0.25) is 0 Å². The molecule has 120 valence electrons. The molecule has 0 aliphatic carbocycles. The number of fused-ring (bicyclic) bond motifs is 1. The molecule has 0 bridgehead atoms. The Labute approximate surface area is 139 Å². The van der Waals surface area contributed by atoms with E-state index in [2.05, 4.69) is 60.9 Å². The average Bonchev–Trinajstić information content (AvgIpc) is 3.27. The Morgan fingerprint density at radius 2 is 1.88 bits per heavy atom. The van der Waals surface area contributed by atoms with Gasteiger partial charge < -0.3 is 4.98 Å². The van der Waals surface area contributed by atoms with Crippen molar-refractivity contribution in [3.8, 4) is 11.3 Å². The second-order valence-electron chi connectivity index (χ2n) is 5.82. The lowest BCUT2D eigenvalue weighted by Gasteiger charge is -2.05. The monoisotopic (exact) mass is 318 g/mol. The fourth-order valence-corrected chi connectivity index (χ4v) is 3.10. The molecule has 4 rings (SSSR count). The van der Waals surface area contributed by atoms with Crippen molar-refractivity contribution in [1.82, 2.24) is 30.6 Å². The smallest absolute Gasteiger partial charge is 0.148 e. The molecule has 3 heterocycles. The first-order valence-electron chi connectivity index (χ1n) is 8.14. The van der Waals surface area contributed by atoms with Gasteiger partial charge in [-0.2, -0.15) is 0 Å². The number of para-hydroxylation sites is 1. The maximum Gasteiger partial charge on any atom is 0.148 e. The van der Waals surface area contributed by atoms with Crippen LogP contribution in [0, 0.1) is 0 Å². The molecule has 0 atom stereocenters. The van der Waals surface area contributed by atoms with Crippen molar-refractivity contribution < 1.29 is 0 Å². The number of hydrogen-bond donors (Lipinski definition) is 2. The van der Waals surface area contributed by atoms with Crippen LogP contribution in [-0.4, -0.2) is 30.6 Å². The first kappa shape index (κ1) is 14.6. The second-order valence-corrected chi connectivity index (χ2v) is 5.82. The van der Waals surface area contributed by atoms with Crippen LogP contribution < -0.4 is 0 Å². The van der Waals surface area contributed by atoms with E-state index < -0.39 is 0 Å². The molecule has 24 heavy (non-hydrogen) atoms. The van der Waals surface area contributed by atoms with E-state index >= 15 is 0 Å². The van der Waals surface area contributed by atoms with E-state index in [4.69, 9.17) is 0 Å². The highest BCUT2D eigenvalue weighted by Crippen LogP contribution is 2.31. The number of H-pyrrole nitrogens is 2. The summed E-state index contributed by atoms with van der Waals surface area (Å²) in [5.41, 5.74) is 4.83. The van der Waals surface area contributed by atoms with Crippen molar-refractivity contribution in [3.63, 3.8) is 0 Å². The third kappa shape index (κ3) is 2.90. The van der Waals surface area contributed by atoms with Crippen LogP contribution in [0.5, 0.6) is 0 Å². The Hall–Kier alpha value is -3.02.